The molecule has 0 amide bonds. The number of nitrogens with one attached hydrogen (secondary N) is 1. The van der Waals surface area contributed by atoms with Gasteiger partial charge in [0.2, 0.25) is 0 Å². The van der Waals surface area contributed by atoms with E-state index in [1.54, 1.807) is 6.07 Å². The Morgan fingerprint density at radius 2 is 2.42 bits per heavy atom. The first-order valence-corrected chi connectivity index (χ1v) is 6.79. The highest BCUT2D eigenvalue weighted by Crippen LogP contribution is 2.23. The average molecular weight is 331 g/mol. The van der Waals surface area contributed by atoms with Gasteiger partial charge < -0.3 is 14.8 Å². The Kier molecular flexibility index (Phi) is 5.26. The van der Waals surface area contributed by atoms with E-state index in [-0.39, 0.29) is 11.8 Å². The van der Waals surface area contributed by atoms with Crippen molar-refractivity contribution in [3.05, 3.63) is 38.3 Å². The third kappa shape index (κ3) is 4.24. The van der Waals surface area contributed by atoms with E-state index in [0.29, 0.717) is 24.3 Å². The summed E-state index contributed by atoms with van der Waals surface area (Å²) in [6, 6.07) is 4.65. The van der Waals surface area contributed by atoms with E-state index in [2.05, 4.69) is 21.2 Å². The van der Waals surface area contributed by atoms with Crippen LogP contribution in [0.15, 0.2) is 22.7 Å². The normalized spacial score (nSPS) is 19.3. The lowest BCUT2D eigenvalue weighted by atomic mass is 10.2. The summed E-state index contributed by atoms with van der Waals surface area (Å²) < 4.78 is 11.8. The minimum Gasteiger partial charge on any atom is -0.374 e. The van der Waals surface area contributed by atoms with E-state index < -0.39 is 4.92 Å². The summed E-state index contributed by atoms with van der Waals surface area (Å²) in [5, 5.41) is 13.8. The van der Waals surface area contributed by atoms with Crippen molar-refractivity contribution in [2.75, 3.05) is 26.3 Å². The van der Waals surface area contributed by atoms with E-state index in [9.17, 15) is 10.1 Å². The summed E-state index contributed by atoms with van der Waals surface area (Å²) in [4.78, 5) is 10.2. The van der Waals surface area contributed by atoms with Crippen molar-refractivity contribution in [3.8, 4) is 0 Å². The molecule has 104 valence electrons. The molecule has 6 nitrogen and oxygen atoms in total. The molecular formula is C12H15BrN2O4. The predicted molar refractivity (Wildman–Crippen MR) is 73.1 cm³/mol. The van der Waals surface area contributed by atoms with Gasteiger partial charge in [-0.05, 0) is 11.6 Å². The molecule has 2 rings (SSSR count). The number of rotatable bonds is 5. The zero-order valence-electron chi connectivity index (χ0n) is 10.3. The van der Waals surface area contributed by atoms with Crippen LogP contribution in [-0.2, 0) is 16.1 Å². The first kappa shape index (κ1) is 14.4. The van der Waals surface area contributed by atoms with E-state index in [0.717, 1.165) is 18.7 Å². The quantitative estimate of drug-likeness (QED) is 0.659. The Labute approximate surface area is 119 Å². The number of hydrogen-bond acceptors (Lipinski definition) is 5. The Bertz CT molecular complexity index is 449. The van der Waals surface area contributed by atoms with E-state index >= 15 is 0 Å². The van der Waals surface area contributed by atoms with Gasteiger partial charge in [-0.25, -0.2) is 0 Å². The highest BCUT2D eigenvalue weighted by Gasteiger charge is 2.14. The number of nitrogens with zero attached hydrogens (tertiary/aromatic N) is 1. The number of halogens is 1. The smallest absolute Gasteiger partial charge is 0.270 e. The van der Waals surface area contributed by atoms with Gasteiger partial charge in [0.05, 0.1) is 30.8 Å². The molecular weight excluding hydrogens is 316 g/mol. The van der Waals surface area contributed by atoms with Crippen molar-refractivity contribution in [1.82, 2.24) is 5.32 Å². The van der Waals surface area contributed by atoms with Crippen molar-refractivity contribution < 1.29 is 14.4 Å². The lowest BCUT2D eigenvalue weighted by Gasteiger charge is -2.23. The SMILES string of the molecule is O=[N+]([O-])c1ccc(COCC2CNCCO2)c(Br)c1. The number of benzene rings is 1. The minimum atomic E-state index is -0.420. The number of hydrogen-bond donors (Lipinski definition) is 1. The van der Waals surface area contributed by atoms with Gasteiger partial charge in [-0.1, -0.05) is 15.9 Å². The molecule has 1 heterocycles. The largest absolute Gasteiger partial charge is 0.374 e. The first-order valence-electron chi connectivity index (χ1n) is 5.99. The molecule has 0 saturated carbocycles. The molecule has 1 aromatic rings. The number of nitro groups is 1. The lowest BCUT2D eigenvalue weighted by molar-refractivity contribution is -0.384. The number of ether oxygens (including phenoxy) is 2. The lowest BCUT2D eigenvalue weighted by Crippen LogP contribution is -2.40. The summed E-state index contributed by atoms with van der Waals surface area (Å²) in [7, 11) is 0. The zero-order valence-corrected chi connectivity index (χ0v) is 11.9. The Morgan fingerprint density at radius 1 is 1.58 bits per heavy atom. The van der Waals surface area contributed by atoms with Crippen LogP contribution >= 0.6 is 15.9 Å². The molecule has 1 atom stereocenters. The predicted octanol–water partition coefficient (Wildman–Crippen LogP) is 1.86. The summed E-state index contributed by atoms with van der Waals surface area (Å²) in [6.07, 6.45) is 0.0746. The zero-order chi connectivity index (χ0) is 13.7. The third-order valence-corrected chi connectivity index (χ3v) is 3.55. The molecule has 1 aliphatic heterocycles. The molecule has 0 radical (unpaired) electrons. The Hall–Kier alpha value is -1.02. The molecule has 1 saturated heterocycles. The van der Waals surface area contributed by atoms with Crippen LogP contribution in [0.3, 0.4) is 0 Å². The molecule has 19 heavy (non-hydrogen) atoms. The second kappa shape index (κ2) is 6.95. The Morgan fingerprint density at radius 3 is 3.05 bits per heavy atom. The van der Waals surface area contributed by atoms with Gasteiger partial charge in [0.25, 0.3) is 5.69 Å². The average Bonchev–Trinajstić information content (AvgIpc) is 2.41. The Balaban J connectivity index is 1.83. The fraction of sp³-hybridized carbons (Fsp3) is 0.500. The van der Waals surface area contributed by atoms with Gasteiger partial charge in [-0.2, -0.15) is 0 Å². The molecule has 1 N–H and O–H groups in total. The maximum Gasteiger partial charge on any atom is 0.270 e. The van der Waals surface area contributed by atoms with Crippen LogP contribution in [0.2, 0.25) is 0 Å². The van der Waals surface area contributed by atoms with Gasteiger partial charge in [0.15, 0.2) is 0 Å². The monoisotopic (exact) mass is 330 g/mol. The third-order valence-electron chi connectivity index (χ3n) is 2.81. The maximum absolute atomic E-state index is 10.6. The summed E-state index contributed by atoms with van der Waals surface area (Å²) >= 11 is 3.31. The molecule has 1 unspecified atom stereocenters. The number of morpholine rings is 1. The van der Waals surface area contributed by atoms with Gasteiger partial charge in [-0.3, -0.25) is 10.1 Å². The highest BCUT2D eigenvalue weighted by molar-refractivity contribution is 9.10. The van der Waals surface area contributed by atoms with Crippen molar-refractivity contribution >= 4 is 21.6 Å². The van der Waals surface area contributed by atoms with Crippen molar-refractivity contribution in [2.24, 2.45) is 0 Å². The van der Waals surface area contributed by atoms with Gasteiger partial charge in [0.1, 0.15) is 0 Å². The van der Waals surface area contributed by atoms with E-state index in [1.165, 1.54) is 12.1 Å². The van der Waals surface area contributed by atoms with Gasteiger partial charge >= 0.3 is 0 Å². The molecule has 1 aliphatic rings. The second-order valence-corrected chi connectivity index (χ2v) is 5.10. The van der Waals surface area contributed by atoms with Gasteiger partial charge in [0, 0.05) is 29.7 Å². The standard InChI is InChI=1S/C12H15BrN2O4/c13-12-5-10(15(16)17)2-1-9(12)7-18-8-11-6-14-3-4-19-11/h1-2,5,11,14H,3-4,6-8H2. The molecule has 0 bridgehead atoms. The maximum atomic E-state index is 10.6. The number of non-ortho nitro benzene ring substituents is 1. The van der Waals surface area contributed by atoms with Crippen LogP contribution in [0, 0.1) is 10.1 Å². The fourth-order valence-corrected chi connectivity index (χ4v) is 2.28. The van der Waals surface area contributed by atoms with Crippen LogP contribution in [0.1, 0.15) is 5.56 Å². The van der Waals surface area contributed by atoms with Crippen molar-refractivity contribution in [3.63, 3.8) is 0 Å². The summed E-state index contributed by atoms with van der Waals surface area (Å²) in [5.41, 5.74) is 0.949. The molecule has 7 heteroatoms. The van der Waals surface area contributed by atoms with Crippen molar-refractivity contribution in [1.29, 1.82) is 0 Å². The van der Waals surface area contributed by atoms with Crippen LogP contribution in [0.4, 0.5) is 5.69 Å². The van der Waals surface area contributed by atoms with Crippen molar-refractivity contribution in [2.45, 2.75) is 12.7 Å². The molecule has 0 aromatic heterocycles. The first-order chi connectivity index (χ1) is 9.16. The summed E-state index contributed by atoms with van der Waals surface area (Å²) in [5.74, 6) is 0. The summed E-state index contributed by atoms with van der Waals surface area (Å²) in [6.45, 7) is 3.29. The number of nitro benzene ring substituents is 1. The fourth-order valence-electron chi connectivity index (χ4n) is 1.79. The van der Waals surface area contributed by atoms with E-state index in [1.807, 2.05) is 0 Å². The molecule has 0 spiro atoms. The van der Waals surface area contributed by atoms with E-state index in [4.69, 9.17) is 9.47 Å². The molecule has 1 aromatic carbocycles. The minimum absolute atomic E-state index is 0.0652. The van der Waals surface area contributed by atoms with Crippen LogP contribution in [-0.4, -0.2) is 37.3 Å². The molecule has 1 fully saturated rings. The second-order valence-electron chi connectivity index (χ2n) is 4.24. The van der Waals surface area contributed by atoms with Crippen LogP contribution in [0.5, 0.6) is 0 Å². The highest BCUT2D eigenvalue weighted by atomic mass is 79.9. The topological polar surface area (TPSA) is 73.6 Å². The molecule has 0 aliphatic carbocycles. The van der Waals surface area contributed by atoms with Crippen LogP contribution < -0.4 is 5.32 Å². The van der Waals surface area contributed by atoms with Gasteiger partial charge in [-0.15, -0.1) is 0 Å². The van der Waals surface area contributed by atoms with Crippen LogP contribution in [0.25, 0.3) is 0 Å².